The molecule has 0 saturated carbocycles. The second-order valence-corrected chi connectivity index (χ2v) is 7.03. The van der Waals surface area contributed by atoms with Crippen molar-refractivity contribution in [1.29, 1.82) is 5.26 Å². The highest BCUT2D eigenvalue weighted by molar-refractivity contribution is 6.30. The van der Waals surface area contributed by atoms with Gasteiger partial charge in [0.05, 0.1) is 30.2 Å². The lowest BCUT2D eigenvalue weighted by molar-refractivity contribution is -0.115. The van der Waals surface area contributed by atoms with E-state index in [1.165, 1.54) is 31.5 Å². The monoisotopic (exact) mass is 433 g/mol. The van der Waals surface area contributed by atoms with Crippen LogP contribution in [0.2, 0.25) is 5.02 Å². The first-order chi connectivity index (χ1) is 14.1. The van der Waals surface area contributed by atoms with E-state index in [0.29, 0.717) is 6.92 Å². The van der Waals surface area contributed by atoms with Crippen LogP contribution in [0.15, 0.2) is 51.2 Å². The van der Waals surface area contributed by atoms with Crippen LogP contribution in [-0.4, -0.2) is 27.4 Å². The number of aryl methyl sites for hydroxylation is 1. The lowest BCUT2D eigenvalue weighted by Crippen LogP contribution is -2.31. The molecule has 2 aromatic rings. The first-order valence-electron chi connectivity index (χ1n) is 8.56. The number of azo groups is 1. The lowest BCUT2D eigenvalue weighted by atomic mass is 10.1. The van der Waals surface area contributed by atoms with Crippen molar-refractivity contribution in [2.75, 3.05) is 0 Å². The SMILES string of the molecule is Cc1ncn(CC2=CC(C(C)(F)F)N=NC2=O)c(=O)c1Oc1cc(Cl)cc(C#N)c1. The Morgan fingerprint density at radius 3 is 2.73 bits per heavy atom. The van der Waals surface area contributed by atoms with Crippen molar-refractivity contribution >= 4 is 17.5 Å². The second-order valence-electron chi connectivity index (χ2n) is 6.60. The number of nitriles is 1. The van der Waals surface area contributed by atoms with Crippen LogP contribution in [-0.2, 0) is 11.3 Å². The zero-order valence-corrected chi connectivity index (χ0v) is 16.5. The number of ether oxygens (including phenoxy) is 1. The van der Waals surface area contributed by atoms with Crippen molar-refractivity contribution in [2.45, 2.75) is 32.4 Å². The summed E-state index contributed by atoms with van der Waals surface area (Å²) in [5.41, 5.74) is -0.299. The number of amides is 1. The topological polar surface area (TPSA) is 110 Å². The summed E-state index contributed by atoms with van der Waals surface area (Å²) in [5, 5.41) is 15.8. The molecule has 1 aliphatic heterocycles. The highest BCUT2D eigenvalue weighted by Crippen LogP contribution is 2.27. The van der Waals surface area contributed by atoms with Gasteiger partial charge in [-0.05, 0) is 31.2 Å². The van der Waals surface area contributed by atoms with E-state index < -0.39 is 23.4 Å². The molecule has 0 saturated heterocycles. The van der Waals surface area contributed by atoms with E-state index in [0.717, 1.165) is 10.6 Å². The Hall–Kier alpha value is -3.45. The van der Waals surface area contributed by atoms with Gasteiger partial charge in [-0.1, -0.05) is 11.6 Å². The molecule has 1 aliphatic rings. The maximum Gasteiger partial charge on any atom is 0.296 e. The van der Waals surface area contributed by atoms with E-state index in [1.54, 1.807) is 0 Å². The number of carbonyl (C=O) groups excluding carboxylic acids is 1. The summed E-state index contributed by atoms with van der Waals surface area (Å²) in [4.78, 5) is 28.9. The van der Waals surface area contributed by atoms with E-state index in [2.05, 4.69) is 15.2 Å². The third-order valence-electron chi connectivity index (χ3n) is 4.16. The van der Waals surface area contributed by atoms with Gasteiger partial charge in [-0.25, -0.2) is 13.8 Å². The highest BCUT2D eigenvalue weighted by atomic mass is 35.5. The van der Waals surface area contributed by atoms with Gasteiger partial charge in [0, 0.05) is 17.5 Å². The number of aromatic nitrogens is 2. The van der Waals surface area contributed by atoms with Crippen LogP contribution in [0.5, 0.6) is 11.5 Å². The van der Waals surface area contributed by atoms with E-state index in [-0.39, 0.29) is 39.9 Å². The van der Waals surface area contributed by atoms with Crippen LogP contribution in [0.4, 0.5) is 8.78 Å². The third-order valence-corrected chi connectivity index (χ3v) is 4.38. The first kappa shape index (κ1) is 21.3. The fourth-order valence-electron chi connectivity index (χ4n) is 2.61. The van der Waals surface area contributed by atoms with Gasteiger partial charge in [0.15, 0.2) is 6.04 Å². The molecule has 11 heteroatoms. The number of hydrogen-bond acceptors (Lipinski definition) is 6. The smallest absolute Gasteiger partial charge is 0.296 e. The molecular weight excluding hydrogens is 420 g/mol. The Morgan fingerprint density at radius 1 is 1.33 bits per heavy atom. The minimum absolute atomic E-state index is 0.121. The van der Waals surface area contributed by atoms with Crippen molar-refractivity contribution in [3.8, 4) is 17.6 Å². The Labute approximate surface area is 174 Å². The van der Waals surface area contributed by atoms with E-state index in [1.807, 2.05) is 6.07 Å². The molecule has 0 bridgehead atoms. The van der Waals surface area contributed by atoms with Gasteiger partial charge in [-0.3, -0.25) is 14.2 Å². The predicted molar refractivity (Wildman–Crippen MR) is 102 cm³/mol. The Morgan fingerprint density at radius 2 is 2.07 bits per heavy atom. The largest absolute Gasteiger partial charge is 0.450 e. The summed E-state index contributed by atoms with van der Waals surface area (Å²) in [6.07, 6.45) is 2.15. The van der Waals surface area contributed by atoms with Gasteiger partial charge in [0.25, 0.3) is 17.4 Å². The predicted octanol–water partition coefficient (Wildman–Crippen LogP) is 3.81. The minimum Gasteiger partial charge on any atom is -0.450 e. The molecular formula is C19H14ClF2N5O3. The van der Waals surface area contributed by atoms with Gasteiger partial charge in [0.1, 0.15) is 5.75 Å². The molecule has 0 aliphatic carbocycles. The number of benzene rings is 1. The molecule has 3 rings (SSSR count). The molecule has 0 N–H and O–H groups in total. The van der Waals surface area contributed by atoms with Gasteiger partial charge < -0.3 is 4.74 Å². The number of carbonyl (C=O) groups is 1. The molecule has 1 aromatic heterocycles. The summed E-state index contributed by atoms with van der Waals surface area (Å²) < 4.78 is 33.7. The molecule has 8 nitrogen and oxygen atoms in total. The molecule has 154 valence electrons. The van der Waals surface area contributed by atoms with Crippen LogP contribution in [0, 0.1) is 18.3 Å². The summed E-state index contributed by atoms with van der Waals surface area (Å²) in [7, 11) is 0. The Balaban J connectivity index is 1.95. The van der Waals surface area contributed by atoms with E-state index in [4.69, 9.17) is 21.6 Å². The molecule has 2 heterocycles. The standard InChI is InChI=1S/C19H14ClF2N5O3/c1-10-16(30-14-4-11(7-23)3-13(20)6-14)18(29)27(9-24-10)8-12-5-15(19(2,21)22)25-26-17(12)28/h3-6,9,15H,8H2,1-2H3. The third kappa shape index (κ3) is 4.58. The minimum atomic E-state index is -3.22. The fraction of sp³-hybridized carbons (Fsp3) is 0.263. The molecule has 1 amide bonds. The molecule has 1 atom stereocenters. The fourth-order valence-corrected chi connectivity index (χ4v) is 2.84. The van der Waals surface area contributed by atoms with Crippen molar-refractivity contribution < 1.29 is 18.3 Å². The van der Waals surface area contributed by atoms with Gasteiger partial charge in [-0.2, -0.15) is 10.4 Å². The van der Waals surface area contributed by atoms with Gasteiger partial charge in [0.2, 0.25) is 5.75 Å². The Kier molecular flexibility index (Phi) is 5.75. The summed E-state index contributed by atoms with van der Waals surface area (Å²) in [5.74, 6) is -4.05. The first-order valence-corrected chi connectivity index (χ1v) is 8.94. The average Bonchev–Trinajstić information content (AvgIpc) is 2.67. The number of nitrogens with zero attached hydrogens (tertiary/aromatic N) is 5. The quantitative estimate of drug-likeness (QED) is 0.712. The molecule has 0 fully saturated rings. The maximum atomic E-state index is 13.5. The Bertz CT molecular complexity index is 1180. The molecule has 1 aromatic carbocycles. The van der Waals surface area contributed by atoms with Crippen molar-refractivity contribution in [3.63, 3.8) is 0 Å². The van der Waals surface area contributed by atoms with E-state index >= 15 is 0 Å². The zero-order chi connectivity index (χ0) is 22.1. The van der Waals surface area contributed by atoms with Crippen molar-refractivity contribution in [1.82, 2.24) is 9.55 Å². The molecule has 1 unspecified atom stereocenters. The van der Waals surface area contributed by atoms with Crippen molar-refractivity contribution in [3.05, 3.63) is 62.8 Å². The van der Waals surface area contributed by atoms with Crippen LogP contribution < -0.4 is 10.3 Å². The second kappa shape index (κ2) is 8.12. The van der Waals surface area contributed by atoms with Gasteiger partial charge in [-0.15, -0.1) is 5.11 Å². The average molecular weight is 434 g/mol. The molecule has 0 radical (unpaired) electrons. The van der Waals surface area contributed by atoms with Crippen LogP contribution in [0.3, 0.4) is 0 Å². The van der Waals surface area contributed by atoms with Crippen molar-refractivity contribution in [2.24, 2.45) is 10.2 Å². The van der Waals surface area contributed by atoms with E-state index in [9.17, 15) is 18.4 Å². The van der Waals surface area contributed by atoms with Crippen LogP contribution in [0.25, 0.3) is 0 Å². The summed E-state index contributed by atoms with van der Waals surface area (Å²) in [6.45, 7) is 1.85. The molecule has 0 spiro atoms. The van der Waals surface area contributed by atoms with Gasteiger partial charge >= 0.3 is 0 Å². The number of rotatable bonds is 5. The number of halogens is 3. The summed E-state index contributed by atoms with van der Waals surface area (Å²) in [6, 6.07) is 4.55. The highest BCUT2D eigenvalue weighted by Gasteiger charge is 2.36. The molecule has 30 heavy (non-hydrogen) atoms. The number of alkyl halides is 2. The van der Waals surface area contributed by atoms with Crippen LogP contribution >= 0.6 is 11.6 Å². The zero-order valence-electron chi connectivity index (χ0n) is 15.8. The number of hydrogen-bond donors (Lipinski definition) is 0. The lowest BCUT2D eigenvalue weighted by Gasteiger charge is -2.19. The van der Waals surface area contributed by atoms with Crippen LogP contribution in [0.1, 0.15) is 18.2 Å². The normalized spacial score (nSPS) is 16.2. The summed E-state index contributed by atoms with van der Waals surface area (Å²) >= 11 is 5.95. The maximum absolute atomic E-state index is 13.5.